The van der Waals surface area contributed by atoms with Crippen LogP contribution in [0.25, 0.3) is 22.6 Å². The maximum Gasteiger partial charge on any atom is 0.341 e. The van der Waals surface area contributed by atoms with Crippen molar-refractivity contribution in [2.75, 3.05) is 7.11 Å². The molecule has 0 aliphatic heterocycles. The van der Waals surface area contributed by atoms with Gasteiger partial charge in [-0.15, -0.1) is 11.3 Å². The molecule has 0 saturated heterocycles. The number of esters is 1. The minimum atomic E-state index is -0.400. The summed E-state index contributed by atoms with van der Waals surface area (Å²) in [4.78, 5) is 20.9. The monoisotopic (exact) mass is 353 g/mol. The Bertz CT molecular complexity index is 1050. The number of furan rings is 1. The number of aromatic nitrogens is 3. The van der Waals surface area contributed by atoms with Crippen molar-refractivity contribution in [3.8, 4) is 11.5 Å². The summed E-state index contributed by atoms with van der Waals surface area (Å²) in [6.45, 7) is 2.20. The Morgan fingerprint density at radius 2 is 2.20 bits per heavy atom. The number of carbonyl (C=O) groups excluding carboxylic acids is 1. The topological polar surface area (TPSA) is 70.2 Å². The van der Waals surface area contributed by atoms with Crippen molar-refractivity contribution < 1.29 is 13.9 Å². The molecule has 0 amide bonds. The predicted octanol–water partition coefficient (Wildman–Crippen LogP) is 3.90. The average molecular weight is 353 g/mol. The van der Waals surface area contributed by atoms with Crippen LogP contribution in [0.4, 0.5) is 0 Å². The Kier molecular flexibility index (Phi) is 3.85. The summed E-state index contributed by atoms with van der Waals surface area (Å²) >= 11 is 1.52. The second kappa shape index (κ2) is 6.18. The number of carbonyl (C=O) groups is 1. The van der Waals surface area contributed by atoms with Gasteiger partial charge in [0, 0.05) is 5.38 Å². The van der Waals surface area contributed by atoms with Gasteiger partial charge in [0.1, 0.15) is 22.8 Å². The molecule has 0 N–H and O–H groups in total. The summed E-state index contributed by atoms with van der Waals surface area (Å²) in [5.74, 6) is 1.58. The molecule has 4 aromatic rings. The summed E-state index contributed by atoms with van der Waals surface area (Å²) in [6, 6.07) is 9.63. The molecule has 0 atom stereocenters. The van der Waals surface area contributed by atoms with Gasteiger partial charge in [-0.05, 0) is 25.1 Å². The third-order valence-electron chi connectivity index (χ3n) is 4.00. The van der Waals surface area contributed by atoms with Crippen molar-refractivity contribution in [3.63, 3.8) is 0 Å². The van der Waals surface area contributed by atoms with Crippen LogP contribution in [-0.4, -0.2) is 27.6 Å². The van der Waals surface area contributed by atoms with Crippen LogP contribution in [0.1, 0.15) is 21.9 Å². The smallest absolute Gasteiger partial charge is 0.341 e. The maximum atomic E-state index is 11.8. The first-order valence-electron chi connectivity index (χ1n) is 7.69. The molecule has 126 valence electrons. The lowest BCUT2D eigenvalue weighted by Crippen LogP contribution is -2.02. The number of para-hydroxylation sites is 2. The first kappa shape index (κ1) is 15.6. The predicted molar refractivity (Wildman–Crippen MR) is 94.7 cm³/mol. The Balaban J connectivity index is 1.81. The maximum absolute atomic E-state index is 11.8. The van der Waals surface area contributed by atoms with Crippen molar-refractivity contribution in [1.29, 1.82) is 0 Å². The van der Waals surface area contributed by atoms with Gasteiger partial charge in [-0.1, -0.05) is 12.1 Å². The molecule has 0 unspecified atom stereocenters. The zero-order chi connectivity index (χ0) is 17.4. The fourth-order valence-corrected chi connectivity index (χ4v) is 3.37. The van der Waals surface area contributed by atoms with E-state index in [2.05, 4.69) is 4.98 Å². The van der Waals surface area contributed by atoms with E-state index in [1.807, 2.05) is 34.2 Å². The van der Waals surface area contributed by atoms with E-state index < -0.39 is 5.97 Å². The quantitative estimate of drug-likeness (QED) is 0.521. The third kappa shape index (κ3) is 2.72. The van der Waals surface area contributed by atoms with Crippen molar-refractivity contribution in [2.45, 2.75) is 13.5 Å². The average Bonchev–Trinajstić information content (AvgIpc) is 3.34. The van der Waals surface area contributed by atoms with E-state index in [1.54, 1.807) is 18.5 Å². The van der Waals surface area contributed by atoms with Crippen LogP contribution in [0.15, 0.2) is 45.6 Å². The fourth-order valence-electron chi connectivity index (χ4n) is 2.84. The van der Waals surface area contributed by atoms with E-state index in [0.29, 0.717) is 23.6 Å². The van der Waals surface area contributed by atoms with Gasteiger partial charge in [-0.3, -0.25) is 0 Å². The van der Waals surface area contributed by atoms with Crippen LogP contribution in [0.2, 0.25) is 0 Å². The number of thiazole rings is 1. The molecule has 3 aromatic heterocycles. The Hall–Kier alpha value is -2.93. The summed E-state index contributed by atoms with van der Waals surface area (Å²) in [6.07, 6.45) is 0. The van der Waals surface area contributed by atoms with E-state index in [0.717, 1.165) is 22.6 Å². The molecular weight excluding hydrogens is 338 g/mol. The van der Waals surface area contributed by atoms with E-state index in [4.69, 9.17) is 14.1 Å². The van der Waals surface area contributed by atoms with Crippen LogP contribution in [0.5, 0.6) is 0 Å². The zero-order valence-electron chi connectivity index (χ0n) is 13.7. The van der Waals surface area contributed by atoms with Crippen molar-refractivity contribution in [1.82, 2.24) is 14.5 Å². The number of nitrogens with zero attached hydrogens (tertiary/aromatic N) is 3. The van der Waals surface area contributed by atoms with Crippen molar-refractivity contribution in [2.24, 2.45) is 0 Å². The standard InChI is InChI=1S/C18H15N3O3S/c1-11-13(18(22)23-2)7-12(24-11)8-21-16-6-4-3-5-14(16)20-17(21)15-9-25-10-19-15/h3-7,9-10H,8H2,1-2H3. The number of aryl methyl sites for hydroxylation is 1. The first-order valence-corrected chi connectivity index (χ1v) is 8.63. The van der Waals surface area contributed by atoms with Gasteiger partial charge in [0.25, 0.3) is 0 Å². The van der Waals surface area contributed by atoms with E-state index in [-0.39, 0.29) is 0 Å². The molecule has 0 fully saturated rings. The lowest BCUT2D eigenvalue weighted by molar-refractivity contribution is 0.0599. The minimum Gasteiger partial charge on any atom is -0.465 e. The zero-order valence-corrected chi connectivity index (χ0v) is 14.5. The van der Waals surface area contributed by atoms with E-state index in [9.17, 15) is 4.79 Å². The number of ether oxygens (including phenoxy) is 1. The van der Waals surface area contributed by atoms with Crippen molar-refractivity contribution in [3.05, 3.63) is 58.3 Å². The summed E-state index contributed by atoms with van der Waals surface area (Å²) in [7, 11) is 1.36. The lowest BCUT2D eigenvalue weighted by Gasteiger charge is -2.05. The number of benzene rings is 1. The second-order valence-corrected chi connectivity index (χ2v) is 6.28. The summed E-state index contributed by atoms with van der Waals surface area (Å²) in [5.41, 5.74) is 4.92. The molecule has 0 spiro atoms. The lowest BCUT2D eigenvalue weighted by atomic mass is 10.2. The molecule has 6 nitrogen and oxygen atoms in total. The summed E-state index contributed by atoms with van der Waals surface area (Å²) < 4.78 is 12.6. The van der Waals surface area contributed by atoms with E-state index in [1.165, 1.54) is 18.4 Å². The fraction of sp³-hybridized carbons (Fsp3) is 0.167. The van der Waals surface area contributed by atoms with E-state index >= 15 is 0 Å². The largest absolute Gasteiger partial charge is 0.465 e. The second-order valence-electron chi connectivity index (χ2n) is 5.56. The number of fused-ring (bicyclic) bond motifs is 1. The van der Waals surface area contributed by atoms with Crippen LogP contribution in [-0.2, 0) is 11.3 Å². The molecule has 0 aliphatic carbocycles. The molecular formula is C18H15N3O3S. The molecule has 3 heterocycles. The SMILES string of the molecule is COC(=O)c1cc(Cn2c(-c3cscn3)nc3ccccc32)oc1C. The highest BCUT2D eigenvalue weighted by molar-refractivity contribution is 7.07. The molecule has 25 heavy (non-hydrogen) atoms. The molecule has 0 radical (unpaired) electrons. The molecule has 7 heteroatoms. The highest BCUT2D eigenvalue weighted by atomic mass is 32.1. The van der Waals surface area contributed by atoms with Crippen molar-refractivity contribution >= 4 is 28.3 Å². The van der Waals surface area contributed by atoms with Gasteiger partial charge >= 0.3 is 5.97 Å². The third-order valence-corrected chi connectivity index (χ3v) is 4.59. The van der Waals surface area contributed by atoms with Gasteiger partial charge in [-0.25, -0.2) is 14.8 Å². The van der Waals surface area contributed by atoms with Gasteiger partial charge in [-0.2, -0.15) is 0 Å². The van der Waals surface area contributed by atoms with Crippen LogP contribution < -0.4 is 0 Å². The van der Waals surface area contributed by atoms with Crippen LogP contribution in [0, 0.1) is 6.92 Å². The van der Waals surface area contributed by atoms with Gasteiger partial charge < -0.3 is 13.7 Å². The molecule has 0 saturated carbocycles. The van der Waals surface area contributed by atoms with Gasteiger partial charge in [0.2, 0.25) is 0 Å². The number of methoxy groups -OCH3 is 1. The Morgan fingerprint density at radius 3 is 2.96 bits per heavy atom. The first-order chi connectivity index (χ1) is 12.2. The molecule has 4 rings (SSSR count). The number of rotatable bonds is 4. The van der Waals surface area contributed by atoms with Crippen LogP contribution >= 0.6 is 11.3 Å². The number of imidazole rings is 1. The molecule has 1 aromatic carbocycles. The minimum absolute atomic E-state index is 0.400. The molecule has 0 aliphatic rings. The Labute approximate surface area is 147 Å². The van der Waals surface area contributed by atoms with Gasteiger partial charge in [0.05, 0.1) is 30.2 Å². The van der Waals surface area contributed by atoms with Gasteiger partial charge in [0.15, 0.2) is 5.82 Å². The number of hydrogen-bond acceptors (Lipinski definition) is 6. The summed E-state index contributed by atoms with van der Waals surface area (Å²) in [5, 5.41) is 1.96. The molecule has 0 bridgehead atoms. The highest BCUT2D eigenvalue weighted by Crippen LogP contribution is 2.27. The number of hydrogen-bond donors (Lipinski definition) is 0. The Morgan fingerprint density at radius 1 is 1.36 bits per heavy atom. The normalized spacial score (nSPS) is 11.1. The van der Waals surface area contributed by atoms with Crippen LogP contribution in [0.3, 0.4) is 0 Å². The highest BCUT2D eigenvalue weighted by Gasteiger charge is 2.19.